The monoisotopic (exact) mass is 729 g/mol. The molecule has 0 radical (unpaired) electrons. The van der Waals surface area contributed by atoms with E-state index in [2.05, 4.69) is 101 Å². The smallest absolute Gasteiger partial charge is 0.303 e. The van der Waals surface area contributed by atoms with Gasteiger partial charge in [0.25, 0.3) is 0 Å². The number of piperazine rings is 1. The number of rotatable bonds is 15. The predicted octanol–water partition coefficient (Wildman–Crippen LogP) is 8.08. The van der Waals surface area contributed by atoms with Crippen LogP contribution in [0.3, 0.4) is 0 Å². The number of aliphatic carboxylic acids is 1. The second-order valence-electron chi connectivity index (χ2n) is 13.2. The van der Waals surface area contributed by atoms with Crippen LogP contribution in [-0.4, -0.2) is 48.8 Å². The van der Waals surface area contributed by atoms with Crippen molar-refractivity contribution >= 4 is 23.3 Å². The molecule has 10 heteroatoms. The quantitative estimate of drug-likeness (QED) is 0.0919. The Morgan fingerprint density at radius 3 is 2.38 bits per heavy atom. The molecular formula is C43H44ClN5O4. The lowest BCUT2D eigenvalue weighted by molar-refractivity contribution is -0.137. The molecule has 0 aliphatic carbocycles. The van der Waals surface area contributed by atoms with E-state index < -0.39 is 5.97 Å². The van der Waals surface area contributed by atoms with E-state index in [0.717, 1.165) is 54.0 Å². The maximum Gasteiger partial charge on any atom is 0.303 e. The van der Waals surface area contributed by atoms with Gasteiger partial charge >= 0.3 is 5.97 Å². The summed E-state index contributed by atoms with van der Waals surface area (Å²) in [5.74, 6) is 0.217. The summed E-state index contributed by atoms with van der Waals surface area (Å²) in [6.07, 6.45) is 3.75. The molecule has 6 rings (SSSR count). The third-order valence-electron chi connectivity index (χ3n) is 9.61. The van der Waals surface area contributed by atoms with Gasteiger partial charge in [0.15, 0.2) is 0 Å². The number of nitriles is 1. The Morgan fingerprint density at radius 2 is 1.62 bits per heavy atom. The fourth-order valence-electron chi connectivity index (χ4n) is 6.64. The van der Waals surface area contributed by atoms with E-state index >= 15 is 0 Å². The summed E-state index contributed by atoms with van der Waals surface area (Å²) in [5, 5.41) is 25.4. The van der Waals surface area contributed by atoms with E-state index in [0.29, 0.717) is 48.2 Å². The van der Waals surface area contributed by atoms with Crippen LogP contribution in [0.25, 0.3) is 22.3 Å². The maximum atomic E-state index is 10.9. The molecule has 1 aromatic heterocycles. The van der Waals surface area contributed by atoms with Crippen molar-refractivity contribution < 1.29 is 19.4 Å². The second-order valence-corrected chi connectivity index (χ2v) is 13.6. The van der Waals surface area contributed by atoms with Gasteiger partial charge in [0.05, 0.1) is 10.6 Å². The Kier molecular flexibility index (Phi) is 12.6. The molecule has 0 bridgehead atoms. The van der Waals surface area contributed by atoms with Crippen LogP contribution in [-0.2, 0) is 24.6 Å². The van der Waals surface area contributed by atoms with Crippen molar-refractivity contribution in [1.82, 2.24) is 15.6 Å². The van der Waals surface area contributed by atoms with Gasteiger partial charge in [-0.05, 0) is 90.0 Å². The van der Waals surface area contributed by atoms with Crippen molar-refractivity contribution in [3.05, 3.63) is 130 Å². The Hall–Kier alpha value is -5.40. The van der Waals surface area contributed by atoms with E-state index in [1.54, 1.807) is 18.3 Å². The van der Waals surface area contributed by atoms with Crippen LogP contribution in [0, 0.1) is 25.2 Å². The lowest BCUT2D eigenvalue weighted by Gasteiger charge is -2.29. The van der Waals surface area contributed by atoms with Gasteiger partial charge < -0.3 is 30.1 Å². The molecule has 1 fully saturated rings. The molecule has 5 aromatic rings. The number of carboxylic acids is 1. The molecule has 1 aliphatic rings. The van der Waals surface area contributed by atoms with Crippen LogP contribution in [0.1, 0.15) is 46.2 Å². The summed E-state index contributed by atoms with van der Waals surface area (Å²) in [4.78, 5) is 17.5. The first-order valence-electron chi connectivity index (χ1n) is 17.9. The first kappa shape index (κ1) is 37.4. The molecular weight excluding hydrogens is 686 g/mol. The number of ether oxygens (including phenoxy) is 2. The minimum absolute atomic E-state index is 0.0862. The van der Waals surface area contributed by atoms with Crippen LogP contribution < -0.4 is 25.0 Å². The number of pyridine rings is 1. The lowest BCUT2D eigenvalue weighted by Crippen LogP contribution is -2.43. The summed E-state index contributed by atoms with van der Waals surface area (Å²) >= 11 is 6.79. The van der Waals surface area contributed by atoms with Crippen molar-refractivity contribution in [2.24, 2.45) is 0 Å². The zero-order valence-corrected chi connectivity index (χ0v) is 30.9. The Morgan fingerprint density at radius 1 is 0.906 bits per heavy atom. The van der Waals surface area contributed by atoms with Crippen molar-refractivity contribution in [2.75, 3.05) is 37.6 Å². The number of halogens is 1. The van der Waals surface area contributed by atoms with E-state index in [1.807, 2.05) is 6.07 Å². The summed E-state index contributed by atoms with van der Waals surface area (Å²) in [6, 6.07) is 29.1. The molecule has 53 heavy (non-hydrogen) atoms. The molecule has 4 aromatic carbocycles. The molecule has 272 valence electrons. The summed E-state index contributed by atoms with van der Waals surface area (Å²) in [5.41, 5.74) is 11.4. The average Bonchev–Trinajstić information content (AvgIpc) is 3.18. The van der Waals surface area contributed by atoms with Crippen molar-refractivity contribution in [2.45, 2.75) is 46.4 Å². The van der Waals surface area contributed by atoms with E-state index in [-0.39, 0.29) is 13.0 Å². The molecule has 0 atom stereocenters. The third kappa shape index (κ3) is 9.53. The SMILES string of the molecule is Cc1c(COc2cc(OCc3cncc(C#N)c3)c(CNCCCC(=O)O)cc2Cl)cccc1-c1cccc(-c2ccc(N3CCNCC3)cc2)c1C. The number of carbonyl (C=O) groups is 1. The largest absolute Gasteiger partial charge is 0.488 e. The predicted molar refractivity (Wildman–Crippen MR) is 210 cm³/mol. The molecule has 3 N–H and O–H groups in total. The number of carboxylic acid groups (broad SMARTS) is 1. The van der Waals surface area contributed by atoms with Gasteiger partial charge in [0.1, 0.15) is 30.8 Å². The highest BCUT2D eigenvalue weighted by Crippen LogP contribution is 2.37. The van der Waals surface area contributed by atoms with Gasteiger partial charge in [-0.3, -0.25) is 9.78 Å². The standard InChI is InChI=1S/C43H44ClN5O4/c1-29-34(6-3-8-38(29)39-9-4-7-37(30(39)2)33-11-13-36(14-12-33)49-18-16-46-17-19-49)28-53-42-22-41(52-27-32-20-31(23-45)24-48-25-32)35(21-40(42)44)26-47-15-5-10-43(50)51/h3-4,6-9,11-14,20-22,24-25,46-47H,5,10,15-19,26-28H2,1-2H3,(H,50,51). The third-order valence-corrected chi connectivity index (χ3v) is 9.90. The highest BCUT2D eigenvalue weighted by Gasteiger charge is 2.16. The number of aromatic nitrogens is 1. The molecule has 1 saturated heterocycles. The maximum absolute atomic E-state index is 10.9. The summed E-state index contributed by atoms with van der Waals surface area (Å²) in [6.45, 7) is 9.81. The molecule has 1 aliphatic heterocycles. The van der Waals surface area contributed by atoms with Gasteiger partial charge in [0, 0.05) is 74.4 Å². The first-order valence-corrected chi connectivity index (χ1v) is 18.3. The summed E-state index contributed by atoms with van der Waals surface area (Å²) < 4.78 is 12.6. The van der Waals surface area contributed by atoms with Gasteiger partial charge in [-0.1, -0.05) is 60.1 Å². The lowest BCUT2D eigenvalue weighted by atomic mass is 9.89. The number of benzene rings is 4. The number of anilines is 1. The molecule has 2 heterocycles. The van der Waals surface area contributed by atoms with E-state index in [1.165, 1.54) is 34.1 Å². The van der Waals surface area contributed by atoms with E-state index in [9.17, 15) is 10.1 Å². The van der Waals surface area contributed by atoms with Crippen molar-refractivity contribution in [3.8, 4) is 39.8 Å². The fourth-order valence-corrected chi connectivity index (χ4v) is 6.88. The first-order chi connectivity index (χ1) is 25.8. The normalized spacial score (nSPS) is 12.7. The van der Waals surface area contributed by atoms with Gasteiger partial charge in [-0.25, -0.2) is 0 Å². The Balaban J connectivity index is 1.20. The van der Waals surface area contributed by atoms with Crippen LogP contribution in [0.4, 0.5) is 5.69 Å². The Labute approximate surface area is 316 Å². The number of nitrogens with one attached hydrogen (secondary N) is 2. The highest BCUT2D eigenvalue weighted by molar-refractivity contribution is 6.32. The van der Waals surface area contributed by atoms with Crippen LogP contribution in [0.15, 0.2) is 91.3 Å². The van der Waals surface area contributed by atoms with Crippen molar-refractivity contribution in [3.63, 3.8) is 0 Å². The molecule has 0 spiro atoms. The topological polar surface area (TPSA) is 120 Å². The van der Waals surface area contributed by atoms with Gasteiger partial charge in [-0.15, -0.1) is 0 Å². The average molecular weight is 730 g/mol. The van der Waals surface area contributed by atoms with Gasteiger partial charge in [-0.2, -0.15) is 5.26 Å². The van der Waals surface area contributed by atoms with Crippen LogP contribution >= 0.6 is 11.6 Å². The second kappa shape index (κ2) is 17.9. The molecule has 0 saturated carbocycles. The minimum Gasteiger partial charge on any atom is -0.488 e. The number of nitrogens with zero attached hydrogens (tertiary/aromatic N) is 3. The summed E-state index contributed by atoms with van der Waals surface area (Å²) in [7, 11) is 0. The molecule has 0 amide bonds. The van der Waals surface area contributed by atoms with Crippen LogP contribution in [0.5, 0.6) is 11.5 Å². The van der Waals surface area contributed by atoms with E-state index in [4.69, 9.17) is 26.2 Å². The van der Waals surface area contributed by atoms with Crippen LogP contribution in [0.2, 0.25) is 5.02 Å². The highest BCUT2D eigenvalue weighted by atomic mass is 35.5. The number of hydrogen-bond acceptors (Lipinski definition) is 8. The Bertz CT molecular complexity index is 2090. The van der Waals surface area contributed by atoms with Crippen molar-refractivity contribution in [1.29, 1.82) is 5.26 Å². The zero-order chi connectivity index (χ0) is 37.2. The molecule has 9 nitrogen and oxygen atoms in total. The zero-order valence-electron chi connectivity index (χ0n) is 30.1. The molecule has 0 unspecified atom stereocenters. The fraction of sp³-hybridized carbons (Fsp3) is 0.279. The number of hydrogen-bond donors (Lipinski definition) is 3. The minimum atomic E-state index is -0.829. The van der Waals surface area contributed by atoms with Gasteiger partial charge in [0.2, 0.25) is 0 Å².